The predicted octanol–water partition coefficient (Wildman–Crippen LogP) is 1.34. The summed E-state index contributed by atoms with van der Waals surface area (Å²) >= 11 is 0. The molecule has 1 rings (SSSR count). The quantitative estimate of drug-likeness (QED) is 0.516. The fourth-order valence-corrected chi connectivity index (χ4v) is 2.06. The highest BCUT2D eigenvalue weighted by molar-refractivity contribution is 4.55. The monoisotopic (exact) mass is 182 g/mol. The lowest BCUT2D eigenvalue weighted by atomic mass is 10.2. The van der Waals surface area contributed by atoms with Crippen LogP contribution in [0.15, 0.2) is 0 Å². The Bertz CT molecular complexity index is 131. The van der Waals surface area contributed by atoms with E-state index in [0.717, 1.165) is 6.04 Å². The molecule has 0 aromatic rings. The van der Waals surface area contributed by atoms with Crippen LogP contribution in [0.5, 0.6) is 0 Å². The van der Waals surface area contributed by atoms with Crippen molar-refractivity contribution in [3.63, 3.8) is 0 Å². The van der Waals surface area contributed by atoms with Gasteiger partial charge in [0, 0.05) is 12.8 Å². The summed E-state index contributed by atoms with van der Waals surface area (Å²) in [4.78, 5) is 1.86. The van der Waals surface area contributed by atoms with Gasteiger partial charge in [-0.15, -0.1) is 0 Å². The minimum Gasteiger partial charge on any atom is -0.512 e. The summed E-state index contributed by atoms with van der Waals surface area (Å²) in [5.74, 6) is 0. The van der Waals surface area contributed by atoms with Gasteiger partial charge in [0.1, 0.15) is 0 Å². The highest BCUT2D eigenvalue weighted by atomic mass is 15.2. The minimum absolute atomic E-state index is 0.951. The average molecular weight is 182 g/mol. The summed E-state index contributed by atoms with van der Waals surface area (Å²) in [6, 6.07) is 0.951. The molecule has 1 aliphatic heterocycles. The van der Waals surface area contributed by atoms with Crippen molar-refractivity contribution in [3.05, 3.63) is 6.57 Å². The van der Waals surface area contributed by atoms with E-state index in [0.29, 0.717) is 0 Å². The molecule has 13 heavy (non-hydrogen) atoms. The number of hydrogen-bond donors (Lipinski definition) is 1. The smallest absolute Gasteiger partial charge is 0.0848 e. The van der Waals surface area contributed by atoms with E-state index in [2.05, 4.69) is 13.8 Å². The molecule has 0 radical (unpaired) electrons. The molecule has 1 heterocycles. The lowest BCUT2D eigenvalue weighted by Gasteiger charge is -2.17. The van der Waals surface area contributed by atoms with Crippen LogP contribution in [0.1, 0.15) is 46.0 Å². The van der Waals surface area contributed by atoms with Crippen molar-refractivity contribution in [1.29, 1.82) is 5.26 Å². The third-order valence-electron chi connectivity index (χ3n) is 2.93. The van der Waals surface area contributed by atoms with E-state index in [9.17, 15) is 0 Å². The summed E-state index contributed by atoms with van der Waals surface area (Å²) in [6.45, 7) is 12.3. The van der Waals surface area contributed by atoms with E-state index in [1.54, 1.807) is 0 Å². The van der Waals surface area contributed by atoms with Gasteiger partial charge >= 0.3 is 0 Å². The van der Waals surface area contributed by atoms with Crippen LogP contribution in [0.25, 0.3) is 0 Å². The maximum Gasteiger partial charge on any atom is 0.0848 e. The first-order valence-electron chi connectivity index (χ1n) is 5.41. The van der Waals surface area contributed by atoms with Gasteiger partial charge in [0.15, 0.2) is 0 Å². The third-order valence-corrected chi connectivity index (χ3v) is 2.93. The van der Waals surface area contributed by atoms with Crippen molar-refractivity contribution in [3.8, 4) is 0 Å². The van der Waals surface area contributed by atoms with E-state index in [4.69, 9.17) is 11.8 Å². The Kier molecular flexibility index (Phi) is 7.73. The molecule has 0 aliphatic carbocycles. The van der Waals surface area contributed by atoms with E-state index >= 15 is 0 Å². The Morgan fingerprint density at radius 1 is 1.38 bits per heavy atom. The van der Waals surface area contributed by atoms with E-state index < -0.39 is 0 Å². The lowest BCUT2D eigenvalue weighted by molar-refractivity contribution is -0.910. The number of nitrogens with zero attached hydrogens (tertiary/aromatic N) is 1. The summed E-state index contributed by atoms with van der Waals surface area (Å²) < 4.78 is 0. The third kappa shape index (κ3) is 4.90. The molecular formula is C11H22N2. The van der Waals surface area contributed by atoms with Crippen LogP contribution in [-0.2, 0) is 0 Å². The number of nitrogens with one attached hydrogen (secondary N) is 1. The van der Waals surface area contributed by atoms with Gasteiger partial charge < -0.3 is 16.7 Å². The standard InChI is InChI=1S/C10H21N.CN/c1-3-4-5-8-11-9-6-7-10(11)2;1-2/h10H,3-9H2,1-2H3;/q;-1/p+1. The second kappa shape index (κ2) is 8.07. The number of likely N-dealkylation sites (tertiary alicyclic amines) is 1. The van der Waals surface area contributed by atoms with Gasteiger partial charge in [-0.05, 0) is 19.8 Å². The first kappa shape index (κ1) is 12.4. The first-order chi connectivity index (χ1) is 6.34. The van der Waals surface area contributed by atoms with Gasteiger partial charge in [0.25, 0.3) is 0 Å². The summed E-state index contributed by atoms with van der Waals surface area (Å²) in [7, 11) is 0. The van der Waals surface area contributed by atoms with Crippen LogP contribution >= 0.6 is 0 Å². The molecule has 1 N–H and O–H groups in total. The van der Waals surface area contributed by atoms with Crippen LogP contribution in [0.4, 0.5) is 0 Å². The number of quaternary nitrogens is 1. The Morgan fingerprint density at radius 2 is 2.08 bits per heavy atom. The number of unbranched alkanes of at least 4 members (excludes halogenated alkanes) is 2. The van der Waals surface area contributed by atoms with Gasteiger partial charge in [0.05, 0.1) is 19.1 Å². The molecule has 0 spiro atoms. The van der Waals surface area contributed by atoms with Crippen molar-refractivity contribution in [1.82, 2.24) is 0 Å². The molecule has 0 aromatic carbocycles. The molecule has 0 saturated carbocycles. The molecule has 2 unspecified atom stereocenters. The second-order valence-corrected chi connectivity index (χ2v) is 3.91. The largest absolute Gasteiger partial charge is 0.512 e. The van der Waals surface area contributed by atoms with Crippen molar-refractivity contribution in [2.75, 3.05) is 13.1 Å². The Balaban J connectivity index is 0.000000671. The first-order valence-corrected chi connectivity index (χ1v) is 5.41. The zero-order valence-electron chi connectivity index (χ0n) is 8.97. The Labute approximate surface area is 82.5 Å². The van der Waals surface area contributed by atoms with Crippen molar-refractivity contribution < 1.29 is 4.90 Å². The molecule has 1 saturated heterocycles. The molecule has 1 fully saturated rings. The molecule has 2 heteroatoms. The summed E-state index contributed by atoms with van der Waals surface area (Å²) in [5.41, 5.74) is 0. The second-order valence-electron chi connectivity index (χ2n) is 3.91. The van der Waals surface area contributed by atoms with E-state index in [1.807, 2.05) is 4.90 Å². The maximum absolute atomic E-state index is 6.25. The van der Waals surface area contributed by atoms with Gasteiger partial charge in [-0.3, -0.25) is 0 Å². The molecule has 2 nitrogen and oxygen atoms in total. The lowest BCUT2D eigenvalue weighted by Crippen LogP contribution is -3.13. The van der Waals surface area contributed by atoms with E-state index in [1.165, 1.54) is 45.2 Å². The minimum atomic E-state index is 0.951. The molecule has 2 atom stereocenters. The Morgan fingerprint density at radius 3 is 2.54 bits per heavy atom. The molecule has 0 aromatic heterocycles. The highest BCUT2D eigenvalue weighted by Crippen LogP contribution is 1.99. The number of rotatable bonds is 4. The molecule has 76 valence electrons. The molecule has 0 amide bonds. The zero-order chi connectivity index (χ0) is 10.1. The zero-order valence-corrected chi connectivity index (χ0v) is 8.97. The number of hydrogen-bond acceptors (Lipinski definition) is 1. The highest BCUT2D eigenvalue weighted by Gasteiger charge is 2.22. The maximum atomic E-state index is 6.25. The average Bonchev–Trinajstić information content (AvgIpc) is 2.56. The van der Waals surface area contributed by atoms with Gasteiger partial charge in [-0.25, -0.2) is 0 Å². The fraction of sp³-hybridized carbons (Fsp3) is 0.909. The summed E-state index contributed by atoms with van der Waals surface area (Å²) in [5, 5.41) is 6.25. The van der Waals surface area contributed by atoms with Gasteiger partial charge in [-0.1, -0.05) is 13.3 Å². The van der Waals surface area contributed by atoms with Crippen molar-refractivity contribution in [2.24, 2.45) is 0 Å². The summed E-state index contributed by atoms with van der Waals surface area (Å²) in [6.07, 6.45) is 7.15. The van der Waals surface area contributed by atoms with Crippen LogP contribution in [-0.4, -0.2) is 19.1 Å². The predicted molar refractivity (Wildman–Crippen MR) is 53.9 cm³/mol. The molecule has 1 aliphatic rings. The van der Waals surface area contributed by atoms with Crippen LogP contribution in [0.2, 0.25) is 0 Å². The topological polar surface area (TPSA) is 28.2 Å². The van der Waals surface area contributed by atoms with Crippen LogP contribution in [0.3, 0.4) is 0 Å². The van der Waals surface area contributed by atoms with Crippen molar-refractivity contribution in [2.45, 2.75) is 52.0 Å². The normalized spacial score (nSPS) is 26.5. The molecule has 0 bridgehead atoms. The van der Waals surface area contributed by atoms with Crippen LogP contribution < -0.4 is 4.90 Å². The van der Waals surface area contributed by atoms with Crippen LogP contribution in [0, 0.1) is 11.8 Å². The molecular weight excluding hydrogens is 160 g/mol. The fourth-order valence-electron chi connectivity index (χ4n) is 2.06. The Hall–Kier alpha value is -0.550. The van der Waals surface area contributed by atoms with Gasteiger partial charge in [0.2, 0.25) is 0 Å². The SMILES string of the molecule is CCCCC[NH+]1CCCC1C.[C-]#N. The van der Waals surface area contributed by atoms with Crippen molar-refractivity contribution >= 4 is 0 Å². The van der Waals surface area contributed by atoms with Gasteiger partial charge in [-0.2, -0.15) is 0 Å². The van der Waals surface area contributed by atoms with E-state index in [-0.39, 0.29) is 0 Å².